The molecule has 96 valence electrons. The Balaban J connectivity index is 1.92. The van der Waals surface area contributed by atoms with E-state index in [0.29, 0.717) is 17.7 Å². The van der Waals surface area contributed by atoms with E-state index in [1.807, 2.05) is 18.2 Å². The van der Waals surface area contributed by atoms with Crippen molar-refractivity contribution in [3.05, 3.63) is 46.8 Å². The third-order valence-electron chi connectivity index (χ3n) is 2.83. The second-order valence-electron chi connectivity index (χ2n) is 4.13. The van der Waals surface area contributed by atoms with Crippen LogP contribution < -0.4 is 11.3 Å². The summed E-state index contributed by atoms with van der Waals surface area (Å²) in [4.78, 5) is 26.5. The molecule has 7 heteroatoms. The monoisotopic (exact) mass is 256 g/mol. The van der Waals surface area contributed by atoms with E-state index in [2.05, 4.69) is 19.9 Å². The lowest BCUT2D eigenvalue weighted by Gasteiger charge is -2.03. The number of nitrogen functional groups attached to an aromatic ring is 1. The predicted molar refractivity (Wildman–Crippen MR) is 70.5 cm³/mol. The van der Waals surface area contributed by atoms with E-state index in [4.69, 9.17) is 5.73 Å². The average molecular weight is 256 g/mol. The molecule has 0 bridgehead atoms. The summed E-state index contributed by atoms with van der Waals surface area (Å²) < 4.78 is 1.80. The SMILES string of the molecule is Nc1nc2c(ncn2CCc2ccccn2)c(=O)[nH]1. The number of hydrogen-bond acceptors (Lipinski definition) is 5. The third-order valence-corrected chi connectivity index (χ3v) is 2.83. The summed E-state index contributed by atoms with van der Waals surface area (Å²) in [5, 5.41) is 0. The topological polar surface area (TPSA) is 102 Å². The predicted octanol–water partition coefficient (Wildman–Crippen LogP) is 0.339. The largest absolute Gasteiger partial charge is 0.369 e. The number of rotatable bonds is 3. The first-order chi connectivity index (χ1) is 9.24. The highest BCUT2D eigenvalue weighted by molar-refractivity contribution is 5.70. The fraction of sp³-hybridized carbons (Fsp3) is 0.167. The van der Waals surface area contributed by atoms with Gasteiger partial charge in [0.2, 0.25) is 5.95 Å². The van der Waals surface area contributed by atoms with Gasteiger partial charge in [0.05, 0.1) is 6.33 Å². The molecule has 0 unspecified atom stereocenters. The number of nitrogens with one attached hydrogen (secondary N) is 1. The molecule has 0 aromatic carbocycles. The normalized spacial score (nSPS) is 10.9. The number of hydrogen-bond donors (Lipinski definition) is 2. The molecule has 0 aliphatic heterocycles. The number of nitrogens with two attached hydrogens (primary N) is 1. The quantitative estimate of drug-likeness (QED) is 0.703. The molecule has 3 N–H and O–H groups in total. The highest BCUT2D eigenvalue weighted by Gasteiger charge is 2.09. The molecule has 19 heavy (non-hydrogen) atoms. The molecule has 0 atom stereocenters. The van der Waals surface area contributed by atoms with Gasteiger partial charge in [-0.1, -0.05) is 6.07 Å². The Morgan fingerprint density at radius 1 is 1.32 bits per heavy atom. The van der Waals surface area contributed by atoms with Crippen LogP contribution in [-0.2, 0) is 13.0 Å². The Kier molecular flexibility index (Phi) is 2.71. The molecule has 0 amide bonds. The fourth-order valence-electron chi connectivity index (χ4n) is 1.92. The minimum Gasteiger partial charge on any atom is -0.369 e. The maximum absolute atomic E-state index is 11.6. The zero-order chi connectivity index (χ0) is 13.2. The third kappa shape index (κ3) is 2.17. The molecule has 0 aliphatic rings. The zero-order valence-electron chi connectivity index (χ0n) is 10.1. The number of imidazole rings is 1. The van der Waals surface area contributed by atoms with Crippen LogP contribution in [0.5, 0.6) is 0 Å². The van der Waals surface area contributed by atoms with Gasteiger partial charge >= 0.3 is 0 Å². The fourth-order valence-corrected chi connectivity index (χ4v) is 1.92. The average Bonchev–Trinajstić information content (AvgIpc) is 2.81. The second-order valence-corrected chi connectivity index (χ2v) is 4.13. The Morgan fingerprint density at radius 2 is 2.21 bits per heavy atom. The molecular weight excluding hydrogens is 244 g/mol. The van der Waals surface area contributed by atoms with Gasteiger partial charge in [-0.05, 0) is 12.1 Å². The lowest BCUT2D eigenvalue weighted by molar-refractivity contribution is 0.698. The van der Waals surface area contributed by atoms with Crippen molar-refractivity contribution in [1.82, 2.24) is 24.5 Å². The van der Waals surface area contributed by atoms with Gasteiger partial charge in [0, 0.05) is 24.9 Å². The summed E-state index contributed by atoms with van der Waals surface area (Å²) in [5.41, 5.74) is 6.99. The summed E-state index contributed by atoms with van der Waals surface area (Å²) in [6.45, 7) is 0.642. The van der Waals surface area contributed by atoms with Gasteiger partial charge in [0.25, 0.3) is 5.56 Å². The van der Waals surface area contributed by atoms with Gasteiger partial charge in [0.15, 0.2) is 11.2 Å². The Labute approximate surface area is 108 Å². The van der Waals surface area contributed by atoms with Gasteiger partial charge in [-0.3, -0.25) is 14.8 Å². The smallest absolute Gasteiger partial charge is 0.280 e. The Bertz CT molecular complexity index is 761. The van der Waals surface area contributed by atoms with E-state index < -0.39 is 0 Å². The molecule has 0 radical (unpaired) electrons. The van der Waals surface area contributed by atoms with E-state index in [9.17, 15) is 4.79 Å². The van der Waals surface area contributed by atoms with Crippen molar-refractivity contribution in [1.29, 1.82) is 0 Å². The minimum atomic E-state index is -0.320. The lowest BCUT2D eigenvalue weighted by atomic mass is 10.3. The molecular formula is C12H12N6O. The number of fused-ring (bicyclic) bond motifs is 1. The number of aromatic amines is 1. The summed E-state index contributed by atoms with van der Waals surface area (Å²) in [7, 11) is 0. The maximum Gasteiger partial charge on any atom is 0.280 e. The molecule has 0 saturated heterocycles. The van der Waals surface area contributed by atoms with Crippen molar-refractivity contribution in [2.75, 3.05) is 5.73 Å². The molecule has 3 heterocycles. The molecule has 0 fully saturated rings. The summed E-state index contributed by atoms with van der Waals surface area (Å²) >= 11 is 0. The Hall–Kier alpha value is -2.70. The van der Waals surface area contributed by atoms with Gasteiger partial charge in [0.1, 0.15) is 0 Å². The number of aryl methyl sites for hydroxylation is 2. The van der Waals surface area contributed by atoms with Crippen molar-refractivity contribution in [3.8, 4) is 0 Å². The molecule has 0 spiro atoms. The Morgan fingerprint density at radius 3 is 3.00 bits per heavy atom. The van der Waals surface area contributed by atoms with Crippen LogP contribution in [0.4, 0.5) is 5.95 Å². The van der Waals surface area contributed by atoms with Crippen LogP contribution in [0.3, 0.4) is 0 Å². The molecule has 3 rings (SSSR count). The molecule has 7 nitrogen and oxygen atoms in total. The minimum absolute atomic E-state index is 0.0945. The van der Waals surface area contributed by atoms with Crippen LogP contribution >= 0.6 is 0 Å². The number of anilines is 1. The molecule has 3 aromatic heterocycles. The van der Waals surface area contributed by atoms with Crippen LogP contribution in [0.1, 0.15) is 5.69 Å². The molecule has 3 aromatic rings. The first kappa shape index (κ1) is 11.4. The van der Waals surface area contributed by atoms with Gasteiger partial charge < -0.3 is 10.3 Å². The van der Waals surface area contributed by atoms with Gasteiger partial charge in [-0.15, -0.1) is 0 Å². The standard InChI is InChI=1S/C12H12N6O/c13-12-16-10-9(11(19)17-12)15-7-18(10)6-4-8-3-1-2-5-14-8/h1-3,5,7H,4,6H2,(H3,13,16,17,19). The maximum atomic E-state index is 11.6. The zero-order valence-corrected chi connectivity index (χ0v) is 10.1. The van der Waals surface area contributed by atoms with Crippen LogP contribution in [0.15, 0.2) is 35.5 Å². The second kappa shape index (κ2) is 4.52. The van der Waals surface area contributed by atoms with Crippen molar-refractivity contribution in [3.63, 3.8) is 0 Å². The van der Waals surface area contributed by atoms with E-state index in [1.165, 1.54) is 0 Å². The first-order valence-corrected chi connectivity index (χ1v) is 5.84. The number of aromatic nitrogens is 5. The number of nitrogens with zero attached hydrogens (tertiary/aromatic N) is 4. The summed E-state index contributed by atoms with van der Waals surface area (Å²) in [6.07, 6.45) is 4.08. The van der Waals surface area contributed by atoms with Crippen LogP contribution in [0.2, 0.25) is 0 Å². The van der Waals surface area contributed by atoms with Crippen molar-refractivity contribution in [2.24, 2.45) is 0 Å². The summed E-state index contributed by atoms with van der Waals surface area (Å²) in [5.74, 6) is 0.0945. The molecule has 0 aliphatic carbocycles. The van der Waals surface area contributed by atoms with Crippen LogP contribution in [-0.4, -0.2) is 24.5 Å². The number of H-pyrrole nitrogens is 1. The van der Waals surface area contributed by atoms with Crippen molar-refractivity contribution >= 4 is 17.1 Å². The van der Waals surface area contributed by atoms with E-state index in [1.54, 1.807) is 17.1 Å². The highest BCUT2D eigenvalue weighted by Crippen LogP contribution is 2.07. The number of pyridine rings is 1. The van der Waals surface area contributed by atoms with Gasteiger partial charge in [-0.25, -0.2) is 4.98 Å². The van der Waals surface area contributed by atoms with E-state index in [-0.39, 0.29) is 11.5 Å². The van der Waals surface area contributed by atoms with Crippen LogP contribution in [0.25, 0.3) is 11.2 Å². The molecule has 0 saturated carbocycles. The van der Waals surface area contributed by atoms with E-state index in [0.717, 1.165) is 12.1 Å². The van der Waals surface area contributed by atoms with Crippen molar-refractivity contribution in [2.45, 2.75) is 13.0 Å². The van der Waals surface area contributed by atoms with Crippen molar-refractivity contribution < 1.29 is 0 Å². The lowest BCUT2D eigenvalue weighted by Crippen LogP contribution is -2.12. The van der Waals surface area contributed by atoms with E-state index >= 15 is 0 Å². The van der Waals surface area contributed by atoms with Crippen LogP contribution in [0, 0.1) is 0 Å². The first-order valence-electron chi connectivity index (χ1n) is 5.84. The highest BCUT2D eigenvalue weighted by atomic mass is 16.1. The summed E-state index contributed by atoms with van der Waals surface area (Å²) in [6, 6.07) is 5.76. The van der Waals surface area contributed by atoms with Gasteiger partial charge in [-0.2, -0.15) is 4.98 Å².